The summed E-state index contributed by atoms with van der Waals surface area (Å²) in [6.07, 6.45) is 0.632. The van der Waals surface area contributed by atoms with Crippen LogP contribution < -0.4 is 4.74 Å². The molecule has 0 aliphatic heterocycles. The third-order valence-corrected chi connectivity index (χ3v) is 4.65. The first-order chi connectivity index (χ1) is 11.0. The Labute approximate surface area is 140 Å². The molecule has 1 saturated carbocycles. The Kier molecular flexibility index (Phi) is 4.02. The largest absolute Gasteiger partial charge is 0.496 e. The van der Waals surface area contributed by atoms with E-state index >= 15 is 0 Å². The molecule has 2 atom stereocenters. The third kappa shape index (κ3) is 2.57. The molecule has 0 saturated heterocycles. The Hall–Kier alpha value is -2.07. The molecule has 0 N–H and O–H groups in total. The molecule has 0 radical (unpaired) electrons. The molecular formula is C18H18ClNO3. The number of carbonyl (C=O) groups excluding carboxylic acids is 1. The Morgan fingerprint density at radius 1 is 1.30 bits per heavy atom. The van der Waals surface area contributed by atoms with Crippen LogP contribution in [0.4, 0.5) is 0 Å². The number of nitrogens with zero attached hydrogens (tertiary/aromatic N) is 1. The molecule has 1 fully saturated rings. The highest BCUT2D eigenvalue weighted by Crippen LogP contribution is 2.62. The van der Waals surface area contributed by atoms with Gasteiger partial charge in [-0.3, -0.25) is 4.79 Å². The van der Waals surface area contributed by atoms with Crippen LogP contribution in [0.3, 0.4) is 0 Å². The molecule has 0 bridgehead atoms. The lowest BCUT2D eigenvalue weighted by molar-refractivity contribution is -0.143. The Morgan fingerprint density at radius 2 is 2.09 bits per heavy atom. The number of methoxy groups -OCH3 is 2. The number of ether oxygens (including phenoxy) is 2. The number of aromatic nitrogens is 1. The average Bonchev–Trinajstić information content (AvgIpc) is 3.31. The van der Waals surface area contributed by atoms with Gasteiger partial charge in [-0.15, -0.1) is 0 Å². The van der Waals surface area contributed by atoms with Crippen molar-refractivity contribution < 1.29 is 14.3 Å². The summed E-state index contributed by atoms with van der Waals surface area (Å²) in [6, 6.07) is 11.3. The average molecular weight is 332 g/mol. The minimum Gasteiger partial charge on any atom is -0.496 e. The van der Waals surface area contributed by atoms with E-state index in [9.17, 15) is 4.79 Å². The molecule has 120 valence electrons. The Morgan fingerprint density at radius 3 is 2.74 bits per heavy atom. The fourth-order valence-electron chi connectivity index (χ4n) is 3.22. The summed E-state index contributed by atoms with van der Waals surface area (Å²) in [4.78, 5) is 17.0. The summed E-state index contributed by atoms with van der Waals surface area (Å²) in [7, 11) is 3.02. The maximum absolute atomic E-state index is 12.6. The highest BCUT2D eigenvalue weighted by Gasteiger charge is 2.64. The number of hydrogen-bond acceptors (Lipinski definition) is 4. The third-order valence-electron chi connectivity index (χ3n) is 4.44. The number of pyridine rings is 1. The summed E-state index contributed by atoms with van der Waals surface area (Å²) < 4.78 is 10.6. The standard InChI is InChI=1S/C18H18ClNO3/c1-11-7-8-15(22-2)12(9-11)18(17(21)23-3)10-13(18)14-5-4-6-16(19)20-14/h4-9,13H,10H2,1-3H3/t13-,18-/m0/s1. The summed E-state index contributed by atoms with van der Waals surface area (Å²) >= 11 is 6.00. The smallest absolute Gasteiger partial charge is 0.317 e. The molecule has 0 spiro atoms. The highest BCUT2D eigenvalue weighted by molar-refractivity contribution is 6.29. The number of hydrogen-bond donors (Lipinski definition) is 0. The van der Waals surface area contributed by atoms with Gasteiger partial charge in [0.1, 0.15) is 16.3 Å². The van der Waals surface area contributed by atoms with Crippen molar-refractivity contribution in [3.8, 4) is 5.75 Å². The first-order valence-electron chi connectivity index (χ1n) is 7.39. The molecule has 3 rings (SSSR count). The fraction of sp³-hybridized carbons (Fsp3) is 0.333. The van der Waals surface area contributed by atoms with Crippen LogP contribution in [0.5, 0.6) is 5.75 Å². The predicted molar refractivity (Wildman–Crippen MR) is 88.0 cm³/mol. The molecule has 1 heterocycles. The predicted octanol–water partition coefficient (Wildman–Crippen LogP) is 3.65. The molecule has 1 aromatic heterocycles. The Bertz CT molecular complexity index is 762. The molecule has 5 heteroatoms. The second-order valence-electron chi connectivity index (χ2n) is 5.81. The number of esters is 1. The van der Waals surface area contributed by atoms with Crippen molar-refractivity contribution in [2.24, 2.45) is 0 Å². The minimum atomic E-state index is -0.760. The van der Waals surface area contributed by atoms with Crippen molar-refractivity contribution in [2.75, 3.05) is 14.2 Å². The van der Waals surface area contributed by atoms with E-state index in [2.05, 4.69) is 4.98 Å². The van der Waals surface area contributed by atoms with Gasteiger partial charge in [-0.2, -0.15) is 0 Å². The van der Waals surface area contributed by atoms with E-state index in [4.69, 9.17) is 21.1 Å². The van der Waals surface area contributed by atoms with Crippen LogP contribution >= 0.6 is 11.6 Å². The first-order valence-corrected chi connectivity index (χ1v) is 7.76. The van der Waals surface area contributed by atoms with Crippen molar-refractivity contribution >= 4 is 17.6 Å². The quantitative estimate of drug-likeness (QED) is 0.634. The molecule has 2 aromatic rings. The lowest BCUT2D eigenvalue weighted by Crippen LogP contribution is -2.25. The molecule has 1 aromatic carbocycles. The van der Waals surface area contributed by atoms with Crippen LogP contribution in [0, 0.1) is 6.92 Å². The molecule has 1 aliphatic rings. The summed E-state index contributed by atoms with van der Waals surface area (Å²) in [6.45, 7) is 1.99. The normalized spacial score (nSPS) is 22.5. The van der Waals surface area contributed by atoms with Gasteiger partial charge >= 0.3 is 5.97 Å². The first kappa shape index (κ1) is 15.8. The second-order valence-corrected chi connectivity index (χ2v) is 6.20. The van der Waals surface area contributed by atoms with Gasteiger partial charge in [0, 0.05) is 17.2 Å². The number of halogens is 1. The van der Waals surface area contributed by atoms with Crippen molar-refractivity contribution in [3.63, 3.8) is 0 Å². The van der Waals surface area contributed by atoms with Gasteiger partial charge in [-0.1, -0.05) is 35.4 Å². The van der Waals surface area contributed by atoms with E-state index < -0.39 is 5.41 Å². The zero-order chi connectivity index (χ0) is 16.6. The van der Waals surface area contributed by atoms with Crippen molar-refractivity contribution in [2.45, 2.75) is 24.7 Å². The van der Waals surface area contributed by atoms with Gasteiger partial charge < -0.3 is 9.47 Å². The molecule has 1 aliphatic carbocycles. The fourth-order valence-corrected chi connectivity index (χ4v) is 3.39. The topological polar surface area (TPSA) is 48.4 Å². The van der Waals surface area contributed by atoms with E-state index in [0.29, 0.717) is 17.3 Å². The molecule has 4 nitrogen and oxygen atoms in total. The maximum atomic E-state index is 12.6. The van der Waals surface area contributed by atoms with Gasteiger partial charge in [0.05, 0.1) is 14.2 Å². The monoisotopic (exact) mass is 331 g/mol. The van der Waals surface area contributed by atoms with Crippen molar-refractivity contribution in [1.82, 2.24) is 4.98 Å². The summed E-state index contributed by atoms with van der Waals surface area (Å²) in [5.41, 5.74) is 1.95. The van der Waals surface area contributed by atoms with E-state index in [0.717, 1.165) is 16.8 Å². The molecule has 0 amide bonds. The van der Waals surface area contributed by atoms with Crippen LogP contribution in [-0.4, -0.2) is 25.2 Å². The van der Waals surface area contributed by atoms with Crippen LogP contribution in [0.2, 0.25) is 5.15 Å². The minimum absolute atomic E-state index is 0.0654. The van der Waals surface area contributed by atoms with Gasteiger partial charge in [0.2, 0.25) is 0 Å². The molecule has 0 unspecified atom stereocenters. The summed E-state index contributed by atoms with van der Waals surface area (Å²) in [5.74, 6) is 0.350. The lowest BCUT2D eigenvalue weighted by atomic mass is 9.90. The Balaban J connectivity index is 2.11. The van der Waals surface area contributed by atoms with Crippen LogP contribution in [-0.2, 0) is 14.9 Å². The lowest BCUT2D eigenvalue weighted by Gasteiger charge is -2.19. The van der Waals surface area contributed by atoms with Gasteiger partial charge in [0.25, 0.3) is 0 Å². The number of aryl methyl sites for hydroxylation is 1. The van der Waals surface area contributed by atoms with E-state index in [1.54, 1.807) is 13.2 Å². The van der Waals surface area contributed by atoms with E-state index in [1.165, 1.54) is 7.11 Å². The van der Waals surface area contributed by atoms with Crippen LogP contribution in [0.25, 0.3) is 0 Å². The number of benzene rings is 1. The van der Waals surface area contributed by atoms with E-state index in [-0.39, 0.29) is 11.9 Å². The zero-order valence-electron chi connectivity index (χ0n) is 13.3. The maximum Gasteiger partial charge on any atom is 0.317 e. The second kappa shape index (κ2) is 5.85. The van der Waals surface area contributed by atoms with E-state index in [1.807, 2.05) is 37.3 Å². The van der Waals surface area contributed by atoms with Gasteiger partial charge in [0.15, 0.2) is 0 Å². The van der Waals surface area contributed by atoms with Crippen LogP contribution in [0.15, 0.2) is 36.4 Å². The van der Waals surface area contributed by atoms with Crippen LogP contribution in [0.1, 0.15) is 29.2 Å². The number of rotatable bonds is 4. The van der Waals surface area contributed by atoms with Crippen molar-refractivity contribution in [3.05, 3.63) is 58.4 Å². The SMILES string of the molecule is COC(=O)[C@]1(c2cc(C)ccc2OC)C[C@H]1c1cccc(Cl)n1. The highest BCUT2D eigenvalue weighted by atomic mass is 35.5. The molecular weight excluding hydrogens is 314 g/mol. The molecule has 23 heavy (non-hydrogen) atoms. The zero-order valence-corrected chi connectivity index (χ0v) is 14.1. The van der Waals surface area contributed by atoms with Gasteiger partial charge in [-0.05, 0) is 31.5 Å². The number of carbonyl (C=O) groups is 1. The van der Waals surface area contributed by atoms with Gasteiger partial charge in [-0.25, -0.2) is 4.98 Å². The summed E-state index contributed by atoms with van der Waals surface area (Å²) in [5, 5.41) is 0.421. The van der Waals surface area contributed by atoms with Crippen molar-refractivity contribution in [1.29, 1.82) is 0 Å².